The zero-order valence-electron chi connectivity index (χ0n) is 49.4. The molecule has 0 amide bonds. The summed E-state index contributed by atoms with van der Waals surface area (Å²) in [5, 5.41) is 0. The van der Waals surface area contributed by atoms with Gasteiger partial charge >= 0.3 is 35.8 Å². The van der Waals surface area contributed by atoms with Gasteiger partial charge in [0.1, 0.15) is 51.1 Å². The van der Waals surface area contributed by atoms with Crippen molar-refractivity contribution in [1.82, 2.24) is 0 Å². The van der Waals surface area contributed by atoms with Crippen LogP contribution in [-0.4, -0.2) is 75.5 Å². The standard InChI is InChI=1S/C23H26O5.C23H32O4.C23H26O4/c1-4-23(2,3)22(25)27-17-16-26-21(24)15-12-18-10-13-20(14-11-18)28-19-8-6-5-7-9-19;2*1-4-23(2,3)22(25)27-17-16-26-21(24)15-12-18-10-13-20(14-11-18)19-8-6-5-7-9-19/h5-15H,4,16-17H2,1-3H3;10-15,19H,4-9,16-17H2,1-3H3;5-15H,4,16-17H2,1-3H3/b3*15-12+. The van der Waals surface area contributed by atoms with Gasteiger partial charge in [-0.25, -0.2) is 14.4 Å². The van der Waals surface area contributed by atoms with Gasteiger partial charge in [0, 0.05) is 18.2 Å². The van der Waals surface area contributed by atoms with Crippen LogP contribution in [0.5, 0.6) is 11.5 Å². The maximum Gasteiger partial charge on any atom is 0.330 e. The van der Waals surface area contributed by atoms with Gasteiger partial charge in [0.25, 0.3) is 0 Å². The summed E-state index contributed by atoms with van der Waals surface area (Å²) in [5.74, 6) is -0.0769. The van der Waals surface area contributed by atoms with Crippen molar-refractivity contribution in [3.63, 3.8) is 0 Å². The van der Waals surface area contributed by atoms with Crippen LogP contribution < -0.4 is 4.74 Å². The van der Waals surface area contributed by atoms with Crippen LogP contribution in [0, 0.1) is 16.2 Å². The summed E-state index contributed by atoms with van der Waals surface area (Å²) < 4.78 is 36.3. The molecule has 5 aromatic rings. The molecule has 13 heteroatoms. The molecule has 0 radical (unpaired) electrons. The van der Waals surface area contributed by atoms with Gasteiger partial charge in [0.2, 0.25) is 0 Å². The van der Waals surface area contributed by atoms with E-state index in [9.17, 15) is 28.8 Å². The molecule has 82 heavy (non-hydrogen) atoms. The van der Waals surface area contributed by atoms with E-state index < -0.39 is 34.2 Å². The van der Waals surface area contributed by atoms with Crippen molar-refractivity contribution >= 4 is 54.0 Å². The smallest absolute Gasteiger partial charge is 0.330 e. The quantitative estimate of drug-likeness (QED) is 0.0235. The molecule has 5 aromatic carbocycles. The summed E-state index contributed by atoms with van der Waals surface area (Å²) in [5.41, 5.74) is 4.83. The molecule has 13 nitrogen and oxygen atoms in total. The molecule has 1 fully saturated rings. The van der Waals surface area contributed by atoms with Gasteiger partial charge in [-0.05, 0) is 155 Å². The van der Waals surface area contributed by atoms with Crippen molar-refractivity contribution < 1.29 is 61.9 Å². The number of esters is 6. The van der Waals surface area contributed by atoms with E-state index in [1.807, 2.05) is 172 Å². The molecule has 0 unspecified atom stereocenters. The van der Waals surface area contributed by atoms with Crippen LogP contribution in [0.1, 0.15) is 142 Å². The zero-order chi connectivity index (χ0) is 59.8. The first-order chi connectivity index (χ1) is 39.2. The third-order valence-electron chi connectivity index (χ3n) is 14.1. The third-order valence-corrected chi connectivity index (χ3v) is 14.1. The zero-order valence-corrected chi connectivity index (χ0v) is 49.4. The molecule has 0 spiro atoms. The molecule has 0 atom stereocenters. The lowest BCUT2D eigenvalue weighted by Crippen LogP contribution is -2.27. The second kappa shape index (κ2) is 34.9. The van der Waals surface area contributed by atoms with E-state index in [0.29, 0.717) is 30.9 Å². The summed E-state index contributed by atoms with van der Waals surface area (Å²) in [6.07, 6.45) is 17.9. The van der Waals surface area contributed by atoms with Crippen molar-refractivity contribution in [3.05, 3.63) is 174 Å². The first-order valence-electron chi connectivity index (χ1n) is 28.4. The summed E-state index contributed by atoms with van der Waals surface area (Å²) in [6, 6.07) is 43.2. The minimum atomic E-state index is -0.527. The molecule has 0 N–H and O–H groups in total. The Bertz CT molecular complexity index is 2820. The van der Waals surface area contributed by atoms with Gasteiger partial charge in [0.05, 0.1) is 16.2 Å². The van der Waals surface area contributed by atoms with Gasteiger partial charge in [-0.15, -0.1) is 0 Å². The highest BCUT2D eigenvalue weighted by Gasteiger charge is 2.29. The maximum atomic E-state index is 11.8. The van der Waals surface area contributed by atoms with Crippen LogP contribution in [0.15, 0.2) is 152 Å². The summed E-state index contributed by atoms with van der Waals surface area (Å²) in [6.45, 7) is 17.1. The predicted octanol–water partition coefficient (Wildman–Crippen LogP) is 15.2. The van der Waals surface area contributed by atoms with Gasteiger partial charge in [-0.1, -0.05) is 149 Å². The number of carbonyl (C=O) groups is 6. The Morgan fingerprint density at radius 3 is 1.09 bits per heavy atom. The van der Waals surface area contributed by atoms with Gasteiger partial charge in [0.15, 0.2) is 0 Å². The van der Waals surface area contributed by atoms with E-state index in [2.05, 4.69) is 24.3 Å². The summed E-state index contributed by atoms with van der Waals surface area (Å²) in [7, 11) is 0. The van der Waals surface area contributed by atoms with Crippen LogP contribution in [-0.2, 0) is 57.2 Å². The normalized spacial score (nSPS) is 12.7. The minimum absolute atomic E-state index is 0.0264. The Kier molecular flexibility index (Phi) is 28.3. The Labute approximate surface area is 486 Å². The van der Waals surface area contributed by atoms with Gasteiger partial charge < -0.3 is 33.2 Å². The van der Waals surface area contributed by atoms with Gasteiger partial charge in [-0.2, -0.15) is 0 Å². The predicted molar refractivity (Wildman–Crippen MR) is 322 cm³/mol. The first-order valence-corrected chi connectivity index (χ1v) is 28.4. The molecular weight excluding hydrogens is 1040 g/mol. The lowest BCUT2D eigenvalue weighted by atomic mass is 9.84. The number of carbonyl (C=O) groups excluding carboxylic acids is 6. The Morgan fingerprint density at radius 2 is 0.707 bits per heavy atom. The van der Waals surface area contributed by atoms with Crippen LogP contribution in [0.3, 0.4) is 0 Å². The van der Waals surface area contributed by atoms with E-state index in [0.717, 1.165) is 33.6 Å². The molecule has 1 saturated carbocycles. The molecule has 0 aromatic heterocycles. The molecule has 6 rings (SSSR count). The molecule has 1 aliphatic rings. The number of hydrogen-bond acceptors (Lipinski definition) is 13. The van der Waals surface area contributed by atoms with Crippen LogP contribution >= 0.6 is 0 Å². The fraction of sp³-hybridized carbons (Fsp3) is 0.391. The number of rotatable bonds is 25. The van der Waals surface area contributed by atoms with E-state index in [1.165, 1.54) is 55.9 Å². The number of hydrogen-bond donors (Lipinski definition) is 0. The summed E-state index contributed by atoms with van der Waals surface area (Å²) >= 11 is 0. The van der Waals surface area contributed by atoms with Crippen LogP contribution in [0.2, 0.25) is 0 Å². The molecule has 0 heterocycles. The summed E-state index contributed by atoms with van der Waals surface area (Å²) in [4.78, 5) is 70.7. The van der Waals surface area contributed by atoms with E-state index in [4.69, 9.17) is 33.2 Å². The van der Waals surface area contributed by atoms with Crippen molar-refractivity contribution in [2.24, 2.45) is 16.2 Å². The second-order valence-corrected chi connectivity index (χ2v) is 21.6. The molecule has 1 aliphatic carbocycles. The maximum absolute atomic E-state index is 11.8. The molecular formula is C69H84O13. The van der Waals surface area contributed by atoms with E-state index in [1.54, 1.807) is 18.2 Å². The Hall–Kier alpha value is -8.06. The van der Waals surface area contributed by atoms with Crippen LogP contribution in [0.4, 0.5) is 0 Å². The highest BCUT2D eigenvalue weighted by Crippen LogP contribution is 2.33. The SMILES string of the molecule is CCC(C)(C)C(=O)OCCOC(=O)/C=C/c1ccc(-c2ccccc2)cc1.CCC(C)(C)C(=O)OCCOC(=O)/C=C/c1ccc(C2CCCCC2)cc1.CCC(C)(C)C(=O)OCCOC(=O)/C=C/c1ccc(Oc2ccccc2)cc1. The first kappa shape index (κ1) is 66.5. The fourth-order valence-electron chi connectivity index (χ4n) is 7.49. The largest absolute Gasteiger partial charge is 0.462 e. The highest BCUT2D eigenvalue weighted by molar-refractivity contribution is 5.88. The van der Waals surface area contributed by atoms with E-state index >= 15 is 0 Å². The molecule has 0 saturated heterocycles. The fourth-order valence-corrected chi connectivity index (χ4v) is 7.49. The highest BCUT2D eigenvalue weighted by atomic mass is 16.6. The Balaban J connectivity index is 0.000000264. The van der Waals surface area contributed by atoms with Crippen LogP contribution in [0.25, 0.3) is 29.4 Å². The monoisotopic (exact) mass is 1120 g/mol. The average molecular weight is 1120 g/mol. The number of para-hydroxylation sites is 1. The third kappa shape index (κ3) is 24.8. The van der Waals surface area contributed by atoms with Crippen molar-refractivity contribution in [2.45, 2.75) is 120 Å². The minimum Gasteiger partial charge on any atom is -0.462 e. The number of ether oxygens (including phenoxy) is 7. The van der Waals surface area contributed by atoms with Crippen molar-refractivity contribution in [1.29, 1.82) is 0 Å². The van der Waals surface area contributed by atoms with E-state index in [-0.39, 0.29) is 57.5 Å². The molecule has 0 bridgehead atoms. The Morgan fingerprint density at radius 1 is 0.390 bits per heavy atom. The van der Waals surface area contributed by atoms with Gasteiger partial charge in [-0.3, -0.25) is 14.4 Å². The topological polar surface area (TPSA) is 167 Å². The number of benzene rings is 5. The lowest BCUT2D eigenvalue weighted by Gasteiger charge is -2.21. The average Bonchev–Trinajstić information content (AvgIpc) is 3.56. The van der Waals surface area contributed by atoms with Crippen molar-refractivity contribution in [2.75, 3.05) is 39.6 Å². The van der Waals surface area contributed by atoms with Crippen molar-refractivity contribution in [3.8, 4) is 22.6 Å². The molecule has 438 valence electrons. The second-order valence-electron chi connectivity index (χ2n) is 21.6. The lowest BCUT2D eigenvalue weighted by molar-refractivity contribution is -0.158. The molecule has 0 aliphatic heterocycles.